The Hall–Kier alpha value is -2.42. The highest BCUT2D eigenvalue weighted by Gasteiger charge is 2.37. The van der Waals surface area contributed by atoms with Crippen molar-refractivity contribution >= 4 is 43.9 Å². The Bertz CT molecular complexity index is 1340. The first-order chi connectivity index (χ1) is 23.8. The molecule has 17 nitrogen and oxygen atoms in total. The van der Waals surface area contributed by atoms with Crippen LogP contribution in [0.25, 0.3) is 0 Å². The quantitative estimate of drug-likeness (QED) is 0.0426. The van der Waals surface area contributed by atoms with E-state index in [0.29, 0.717) is 45.8 Å². The van der Waals surface area contributed by atoms with Gasteiger partial charge in [0.1, 0.15) is 6.61 Å². The number of ether oxygens (including phenoxy) is 3. The molecule has 5 N–H and O–H groups in total. The van der Waals surface area contributed by atoms with Crippen molar-refractivity contribution in [2.24, 2.45) is 23.7 Å². The number of amides is 3. The normalized spacial score (nSPS) is 15.0. The molecular formula is C33H64N4O13S2. The van der Waals surface area contributed by atoms with E-state index < -0.39 is 90.2 Å². The summed E-state index contributed by atoms with van der Waals surface area (Å²) in [6.07, 6.45) is 0.628. The van der Waals surface area contributed by atoms with Gasteiger partial charge in [0.25, 0.3) is 20.2 Å². The predicted molar refractivity (Wildman–Crippen MR) is 196 cm³/mol. The average molecular weight is 789 g/mol. The maximum absolute atomic E-state index is 13.8. The highest BCUT2D eigenvalue weighted by molar-refractivity contribution is 7.86. The number of esters is 1. The summed E-state index contributed by atoms with van der Waals surface area (Å²) in [5.41, 5.74) is -2.82. The Kier molecular flexibility index (Phi) is 22.3. The molecule has 4 unspecified atom stereocenters. The molecule has 0 saturated heterocycles. The summed E-state index contributed by atoms with van der Waals surface area (Å²) in [6.45, 7) is 13.1. The van der Waals surface area contributed by atoms with Crippen LogP contribution in [0.15, 0.2) is 0 Å². The molecule has 4 atom stereocenters. The van der Waals surface area contributed by atoms with Crippen molar-refractivity contribution in [2.75, 3.05) is 71.7 Å². The number of rotatable bonds is 28. The number of nitrogens with one attached hydrogen (secondary N) is 3. The largest absolute Gasteiger partial charge is 0.463 e. The Morgan fingerprint density at radius 2 is 1.19 bits per heavy atom. The summed E-state index contributed by atoms with van der Waals surface area (Å²) in [6, 6.07) is 0. The lowest BCUT2D eigenvalue weighted by atomic mass is 9.81. The smallest absolute Gasteiger partial charge is 0.309 e. The zero-order valence-electron chi connectivity index (χ0n) is 32.4. The molecule has 0 fully saturated rings. The van der Waals surface area contributed by atoms with Crippen molar-refractivity contribution in [3.05, 3.63) is 0 Å². The number of hydrogen-bond acceptors (Lipinski definition) is 12. The minimum atomic E-state index is -4.51. The van der Waals surface area contributed by atoms with Crippen molar-refractivity contribution in [1.82, 2.24) is 20.9 Å². The van der Waals surface area contributed by atoms with Gasteiger partial charge in [0.2, 0.25) is 17.7 Å². The predicted octanol–water partition coefficient (Wildman–Crippen LogP) is 1.28. The zero-order chi connectivity index (χ0) is 40.3. The van der Waals surface area contributed by atoms with Gasteiger partial charge in [-0.25, -0.2) is 0 Å². The molecule has 52 heavy (non-hydrogen) atoms. The molecule has 0 spiro atoms. The second-order valence-corrected chi connectivity index (χ2v) is 17.6. The van der Waals surface area contributed by atoms with Crippen LogP contribution in [-0.2, 0) is 53.6 Å². The van der Waals surface area contributed by atoms with Gasteiger partial charge >= 0.3 is 5.97 Å². The molecule has 0 radical (unpaired) electrons. The Morgan fingerprint density at radius 3 is 1.69 bits per heavy atom. The van der Waals surface area contributed by atoms with Crippen molar-refractivity contribution < 1.29 is 59.3 Å². The Morgan fingerprint density at radius 1 is 0.712 bits per heavy atom. The van der Waals surface area contributed by atoms with Gasteiger partial charge in [0.05, 0.1) is 48.3 Å². The van der Waals surface area contributed by atoms with Gasteiger partial charge in [0.15, 0.2) is 0 Å². The van der Waals surface area contributed by atoms with E-state index in [4.69, 9.17) is 14.2 Å². The molecule has 0 aliphatic carbocycles. The van der Waals surface area contributed by atoms with Gasteiger partial charge in [-0.3, -0.25) is 28.3 Å². The minimum absolute atomic E-state index is 0.000203. The van der Waals surface area contributed by atoms with Gasteiger partial charge in [0, 0.05) is 30.9 Å². The van der Waals surface area contributed by atoms with Crippen molar-refractivity contribution in [1.29, 1.82) is 0 Å². The highest BCUT2D eigenvalue weighted by atomic mass is 32.2. The molecule has 0 bridgehead atoms. The Labute approximate surface area is 310 Å². The molecule has 19 heteroatoms. The van der Waals surface area contributed by atoms with E-state index in [0.717, 1.165) is 0 Å². The third-order valence-corrected chi connectivity index (χ3v) is 10.1. The molecule has 0 aromatic carbocycles. The fraction of sp³-hybridized carbons (Fsp3) is 0.879. The van der Waals surface area contributed by atoms with Gasteiger partial charge in [-0.15, -0.1) is 0 Å². The van der Waals surface area contributed by atoms with Crippen molar-refractivity contribution in [2.45, 2.75) is 91.6 Å². The molecular weight excluding hydrogens is 725 g/mol. The first-order valence-corrected chi connectivity index (χ1v) is 20.8. The van der Waals surface area contributed by atoms with Crippen molar-refractivity contribution in [3.63, 3.8) is 0 Å². The van der Waals surface area contributed by atoms with E-state index in [-0.39, 0.29) is 32.5 Å². The molecule has 0 saturated carbocycles. The topological polar surface area (TPSA) is 244 Å². The molecule has 0 aromatic rings. The molecule has 3 amide bonds. The van der Waals surface area contributed by atoms with Crippen molar-refractivity contribution in [3.8, 4) is 0 Å². The monoisotopic (exact) mass is 788 g/mol. The van der Waals surface area contributed by atoms with Crippen LogP contribution in [0.1, 0.15) is 80.6 Å². The molecule has 0 rings (SSSR count). The van der Waals surface area contributed by atoms with Crippen LogP contribution in [0.2, 0.25) is 0 Å². The second kappa shape index (κ2) is 23.4. The fourth-order valence-electron chi connectivity index (χ4n) is 5.58. The standard InChI is InChI=1S/C33H64N4O13S2/c1-10-25(31(41)50-18-17-49-16-15-48-11-2)20-27(29(39)34-13-12-14-37(8)9)21-26(30(40)36-33(6,7)23-52(45,46)47)19-24(3)28(38)35-32(4,5)22-51(42,43)44/h24-27H,10-23H2,1-9H3,(H,34,39)(H,35,38)(H,36,40)(H,42,43,44)(H,45,46,47). The summed E-state index contributed by atoms with van der Waals surface area (Å²) < 4.78 is 81.2. The lowest BCUT2D eigenvalue weighted by Crippen LogP contribution is -2.52. The number of carbonyl (C=O) groups excluding carboxylic acids is 4. The molecule has 0 aliphatic rings. The number of nitrogens with zero attached hydrogens (tertiary/aromatic N) is 1. The molecule has 0 aliphatic heterocycles. The summed E-state index contributed by atoms with van der Waals surface area (Å²) in [4.78, 5) is 55.9. The van der Waals surface area contributed by atoms with Crippen LogP contribution < -0.4 is 16.0 Å². The van der Waals surface area contributed by atoms with Gasteiger partial charge in [-0.05, 0) is 87.4 Å². The van der Waals surface area contributed by atoms with E-state index in [1.807, 2.05) is 25.9 Å². The Balaban J connectivity index is 6.37. The number of carbonyl (C=O) groups is 4. The van der Waals surface area contributed by atoms with E-state index in [9.17, 15) is 45.1 Å². The van der Waals surface area contributed by atoms with Gasteiger partial charge in [-0.2, -0.15) is 16.8 Å². The molecule has 0 aromatic heterocycles. The zero-order valence-corrected chi connectivity index (χ0v) is 34.0. The maximum atomic E-state index is 13.8. The summed E-state index contributed by atoms with van der Waals surface area (Å²) in [7, 11) is -5.17. The first kappa shape index (κ1) is 49.6. The first-order valence-electron chi connectivity index (χ1n) is 17.6. The van der Waals surface area contributed by atoms with E-state index >= 15 is 0 Å². The SMILES string of the molecule is CCOCCOCCOC(=O)C(CC)CC(CC(CC(C)C(=O)NC(C)(C)CS(=O)(=O)O)C(=O)NC(C)(C)CS(=O)(=O)O)C(=O)NCCCN(C)C. The van der Waals surface area contributed by atoms with Crippen LogP contribution >= 0.6 is 0 Å². The van der Waals surface area contributed by atoms with E-state index in [1.165, 1.54) is 34.6 Å². The van der Waals surface area contributed by atoms with Crippen LogP contribution in [-0.4, -0.2) is 137 Å². The van der Waals surface area contributed by atoms with Crippen LogP contribution in [0.5, 0.6) is 0 Å². The van der Waals surface area contributed by atoms with Crippen LogP contribution in [0.3, 0.4) is 0 Å². The summed E-state index contributed by atoms with van der Waals surface area (Å²) in [5.74, 6) is -7.56. The van der Waals surface area contributed by atoms with E-state index in [2.05, 4.69) is 16.0 Å². The number of hydrogen-bond donors (Lipinski definition) is 5. The summed E-state index contributed by atoms with van der Waals surface area (Å²) in [5, 5.41) is 8.06. The van der Waals surface area contributed by atoms with Crippen LogP contribution in [0.4, 0.5) is 0 Å². The van der Waals surface area contributed by atoms with E-state index in [1.54, 1.807) is 6.92 Å². The second-order valence-electron chi connectivity index (χ2n) is 14.7. The average Bonchev–Trinajstić information content (AvgIpc) is 2.96. The lowest BCUT2D eigenvalue weighted by Gasteiger charge is -2.31. The minimum Gasteiger partial charge on any atom is -0.463 e. The third-order valence-electron chi connectivity index (χ3n) is 7.93. The van der Waals surface area contributed by atoms with Gasteiger partial charge < -0.3 is 35.1 Å². The molecule has 0 heterocycles. The summed E-state index contributed by atoms with van der Waals surface area (Å²) >= 11 is 0. The van der Waals surface area contributed by atoms with Gasteiger partial charge in [-0.1, -0.05) is 13.8 Å². The lowest BCUT2D eigenvalue weighted by molar-refractivity contribution is -0.151. The van der Waals surface area contributed by atoms with Crippen LogP contribution in [0, 0.1) is 23.7 Å². The molecule has 306 valence electrons. The highest BCUT2D eigenvalue weighted by Crippen LogP contribution is 2.29. The maximum Gasteiger partial charge on any atom is 0.309 e. The fourth-order valence-corrected chi connectivity index (χ4v) is 7.55. The third kappa shape index (κ3) is 24.0.